The molecule has 0 radical (unpaired) electrons. The zero-order valence-electron chi connectivity index (χ0n) is 9.82. The number of anilines is 1. The van der Waals surface area contributed by atoms with Crippen LogP contribution >= 0.6 is 0 Å². The maximum Gasteiger partial charge on any atom is 0.255 e. The molecular formula is C13H18N2O2. The summed E-state index contributed by atoms with van der Waals surface area (Å²) in [5.41, 5.74) is 6.05. The van der Waals surface area contributed by atoms with Crippen LogP contribution in [0.2, 0.25) is 0 Å². The predicted molar refractivity (Wildman–Crippen MR) is 67.0 cm³/mol. The van der Waals surface area contributed by atoms with Crippen LogP contribution in [0.5, 0.6) is 5.75 Å². The molecule has 0 heterocycles. The largest absolute Gasteiger partial charge is 0.484 e. The number of carbonyl (C=O) groups excluding carboxylic acids is 1. The Bertz CT molecular complexity index is 389. The minimum Gasteiger partial charge on any atom is -0.484 e. The van der Waals surface area contributed by atoms with Crippen LogP contribution in [-0.4, -0.2) is 19.1 Å². The summed E-state index contributed by atoms with van der Waals surface area (Å²) in [6, 6.07) is 7.61. The van der Waals surface area contributed by atoms with Gasteiger partial charge in [-0.3, -0.25) is 4.79 Å². The first-order valence-corrected chi connectivity index (χ1v) is 5.99. The summed E-state index contributed by atoms with van der Waals surface area (Å²) in [4.78, 5) is 10.6. The highest BCUT2D eigenvalue weighted by Gasteiger charge is 2.16. The Balaban J connectivity index is 1.84. The monoisotopic (exact) mass is 234 g/mol. The van der Waals surface area contributed by atoms with E-state index in [4.69, 9.17) is 10.5 Å². The van der Waals surface area contributed by atoms with Crippen molar-refractivity contribution < 1.29 is 9.53 Å². The maximum absolute atomic E-state index is 10.6. The second-order valence-electron chi connectivity index (χ2n) is 4.46. The third-order valence-corrected chi connectivity index (χ3v) is 3.03. The molecule has 0 aliphatic heterocycles. The normalized spacial score (nSPS) is 15.1. The van der Waals surface area contributed by atoms with E-state index in [1.54, 1.807) is 0 Å². The van der Waals surface area contributed by atoms with Crippen LogP contribution < -0.4 is 15.8 Å². The summed E-state index contributed by atoms with van der Waals surface area (Å²) >= 11 is 0. The molecule has 1 aromatic rings. The highest BCUT2D eigenvalue weighted by atomic mass is 16.5. The molecule has 0 bridgehead atoms. The number of benzene rings is 1. The van der Waals surface area contributed by atoms with Gasteiger partial charge in [0.1, 0.15) is 5.75 Å². The van der Waals surface area contributed by atoms with Crippen molar-refractivity contribution in [3.8, 4) is 5.75 Å². The molecule has 0 spiro atoms. The van der Waals surface area contributed by atoms with Crippen molar-refractivity contribution in [3.63, 3.8) is 0 Å². The number of rotatable bonds is 6. The molecule has 17 heavy (non-hydrogen) atoms. The quantitative estimate of drug-likeness (QED) is 0.788. The molecule has 1 aromatic carbocycles. The van der Waals surface area contributed by atoms with Crippen molar-refractivity contribution in [2.24, 2.45) is 11.7 Å². The Morgan fingerprint density at radius 1 is 1.47 bits per heavy atom. The SMILES string of the molecule is NC(=O)COc1cccc(NCC2CCC2)c1. The topological polar surface area (TPSA) is 64.4 Å². The molecule has 3 N–H and O–H groups in total. The van der Waals surface area contributed by atoms with Crippen LogP contribution in [-0.2, 0) is 4.79 Å². The molecule has 1 saturated carbocycles. The van der Waals surface area contributed by atoms with Gasteiger partial charge in [0.25, 0.3) is 5.91 Å². The molecule has 0 unspecified atom stereocenters. The Labute approximate surface area is 101 Å². The third kappa shape index (κ3) is 3.66. The van der Waals surface area contributed by atoms with E-state index in [2.05, 4.69) is 5.32 Å². The van der Waals surface area contributed by atoms with Crippen LogP contribution in [0.25, 0.3) is 0 Å². The first kappa shape index (κ1) is 11.8. The van der Waals surface area contributed by atoms with E-state index in [0.29, 0.717) is 5.75 Å². The van der Waals surface area contributed by atoms with Gasteiger partial charge in [-0.2, -0.15) is 0 Å². The molecule has 1 aliphatic carbocycles. The first-order chi connectivity index (χ1) is 8.24. The predicted octanol–water partition coefficient (Wildman–Crippen LogP) is 1.76. The van der Waals surface area contributed by atoms with E-state index < -0.39 is 5.91 Å². The van der Waals surface area contributed by atoms with Crippen molar-refractivity contribution in [2.75, 3.05) is 18.5 Å². The lowest BCUT2D eigenvalue weighted by Crippen LogP contribution is -2.21. The molecule has 4 heteroatoms. The van der Waals surface area contributed by atoms with E-state index in [-0.39, 0.29) is 6.61 Å². The zero-order chi connectivity index (χ0) is 12.1. The van der Waals surface area contributed by atoms with Gasteiger partial charge in [0.15, 0.2) is 6.61 Å². The second-order valence-corrected chi connectivity index (χ2v) is 4.46. The van der Waals surface area contributed by atoms with Gasteiger partial charge in [-0.15, -0.1) is 0 Å². The van der Waals surface area contributed by atoms with Crippen molar-refractivity contribution in [1.82, 2.24) is 0 Å². The van der Waals surface area contributed by atoms with E-state index in [0.717, 1.165) is 18.2 Å². The van der Waals surface area contributed by atoms with Gasteiger partial charge in [0, 0.05) is 18.3 Å². The fraction of sp³-hybridized carbons (Fsp3) is 0.462. The number of primary amides is 1. The summed E-state index contributed by atoms with van der Waals surface area (Å²) in [7, 11) is 0. The zero-order valence-corrected chi connectivity index (χ0v) is 9.82. The van der Waals surface area contributed by atoms with Gasteiger partial charge >= 0.3 is 0 Å². The fourth-order valence-electron chi connectivity index (χ4n) is 1.81. The number of amides is 1. The van der Waals surface area contributed by atoms with Crippen LogP contribution in [0.4, 0.5) is 5.69 Å². The van der Waals surface area contributed by atoms with Gasteiger partial charge in [-0.05, 0) is 30.9 Å². The van der Waals surface area contributed by atoms with E-state index in [1.165, 1.54) is 19.3 Å². The van der Waals surface area contributed by atoms with Gasteiger partial charge in [-0.25, -0.2) is 0 Å². The Morgan fingerprint density at radius 3 is 2.94 bits per heavy atom. The minimum atomic E-state index is -0.460. The average molecular weight is 234 g/mol. The fourth-order valence-corrected chi connectivity index (χ4v) is 1.81. The number of hydrogen-bond acceptors (Lipinski definition) is 3. The maximum atomic E-state index is 10.6. The van der Waals surface area contributed by atoms with Crippen molar-refractivity contribution >= 4 is 11.6 Å². The summed E-state index contributed by atoms with van der Waals surface area (Å²) in [5, 5.41) is 3.38. The molecule has 1 amide bonds. The number of nitrogens with two attached hydrogens (primary N) is 1. The molecule has 1 aliphatic rings. The smallest absolute Gasteiger partial charge is 0.255 e. The Morgan fingerprint density at radius 2 is 2.29 bits per heavy atom. The highest BCUT2D eigenvalue weighted by molar-refractivity contribution is 5.75. The third-order valence-electron chi connectivity index (χ3n) is 3.03. The summed E-state index contributed by atoms with van der Waals surface area (Å²) < 4.78 is 5.24. The van der Waals surface area contributed by atoms with Crippen LogP contribution in [0.15, 0.2) is 24.3 Å². The molecule has 92 valence electrons. The highest BCUT2D eigenvalue weighted by Crippen LogP contribution is 2.27. The lowest BCUT2D eigenvalue weighted by molar-refractivity contribution is -0.119. The van der Waals surface area contributed by atoms with Crippen molar-refractivity contribution in [3.05, 3.63) is 24.3 Å². The summed E-state index contributed by atoms with van der Waals surface area (Å²) in [6.45, 7) is 0.936. The lowest BCUT2D eigenvalue weighted by Gasteiger charge is -2.25. The van der Waals surface area contributed by atoms with Crippen LogP contribution in [0, 0.1) is 5.92 Å². The number of hydrogen-bond donors (Lipinski definition) is 2. The van der Waals surface area contributed by atoms with Gasteiger partial charge in [-0.1, -0.05) is 12.5 Å². The average Bonchev–Trinajstić information content (AvgIpc) is 2.25. The number of nitrogens with one attached hydrogen (secondary N) is 1. The van der Waals surface area contributed by atoms with Crippen LogP contribution in [0.1, 0.15) is 19.3 Å². The number of carbonyl (C=O) groups is 1. The van der Waals surface area contributed by atoms with E-state index >= 15 is 0 Å². The summed E-state index contributed by atoms with van der Waals surface area (Å²) in [6.07, 6.45) is 4.00. The second kappa shape index (κ2) is 5.57. The summed E-state index contributed by atoms with van der Waals surface area (Å²) in [5.74, 6) is 1.02. The molecule has 0 saturated heterocycles. The first-order valence-electron chi connectivity index (χ1n) is 5.99. The molecule has 2 rings (SSSR count). The van der Waals surface area contributed by atoms with E-state index in [1.807, 2.05) is 24.3 Å². The Hall–Kier alpha value is -1.71. The minimum absolute atomic E-state index is 0.0773. The lowest BCUT2D eigenvalue weighted by atomic mass is 9.85. The van der Waals surface area contributed by atoms with Gasteiger partial charge in [0.2, 0.25) is 0 Å². The molecule has 4 nitrogen and oxygen atoms in total. The molecular weight excluding hydrogens is 216 g/mol. The molecule has 0 aromatic heterocycles. The van der Waals surface area contributed by atoms with Crippen molar-refractivity contribution in [2.45, 2.75) is 19.3 Å². The van der Waals surface area contributed by atoms with Crippen molar-refractivity contribution in [1.29, 1.82) is 0 Å². The van der Waals surface area contributed by atoms with Gasteiger partial charge in [0.05, 0.1) is 0 Å². The number of ether oxygens (including phenoxy) is 1. The standard InChI is InChI=1S/C13H18N2O2/c14-13(16)9-17-12-6-2-5-11(7-12)15-8-10-3-1-4-10/h2,5-7,10,15H,1,3-4,8-9H2,(H2,14,16). The van der Waals surface area contributed by atoms with Crippen LogP contribution in [0.3, 0.4) is 0 Å². The Kier molecular flexibility index (Phi) is 3.85. The molecule has 1 fully saturated rings. The molecule has 0 atom stereocenters. The van der Waals surface area contributed by atoms with E-state index in [9.17, 15) is 4.79 Å². The van der Waals surface area contributed by atoms with Gasteiger partial charge < -0.3 is 15.8 Å².